The molecule has 0 aliphatic rings. The van der Waals surface area contributed by atoms with E-state index in [9.17, 15) is 0 Å². The van der Waals surface area contributed by atoms with Crippen LogP contribution in [0.4, 0.5) is 0 Å². The topological polar surface area (TPSA) is 0 Å². The van der Waals surface area contributed by atoms with Crippen LogP contribution in [0.25, 0.3) is 0 Å². The first-order chi connectivity index (χ1) is 0. The largest absolute Gasteiger partial charge is 0 e. The zero-order valence-corrected chi connectivity index (χ0v) is 6.42. The molecule has 0 spiro atoms. The Labute approximate surface area is 86.1 Å². The molecule has 0 saturated carbocycles. The van der Waals surface area contributed by atoms with Crippen LogP contribution in [-0.4, -0.2) is 37.2 Å². The van der Waals surface area contributed by atoms with Crippen molar-refractivity contribution in [2.75, 3.05) is 0 Å². The van der Waals surface area contributed by atoms with Gasteiger partial charge in [0.05, 0.1) is 0 Å². The summed E-state index contributed by atoms with van der Waals surface area (Å²) in [5, 5.41) is 0. The molecule has 0 nitrogen and oxygen atoms in total. The third kappa shape index (κ3) is 20.4. The minimum atomic E-state index is 0. The van der Waals surface area contributed by atoms with E-state index in [-0.39, 0.29) is 87.2 Å². The normalized spacial score (nSPS) is 0. The smallest absolute Gasteiger partial charge is 0 e. The third-order valence-corrected chi connectivity index (χ3v) is 0. The number of hydrogen-bond acceptors (Lipinski definition) is 0. The summed E-state index contributed by atoms with van der Waals surface area (Å²) < 4.78 is 0. The molecule has 5 heteroatoms. The molecule has 0 saturated heterocycles. The maximum atomic E-state index is 0. The van der Waals surface area contributed by atoms with E-state index in [4.69, 9.17) is 0 Å². The van der Waals surface area contributed by atoms with Gasteiger partial charge in [0.2, 0.25) is 0 Å². The van der Waals surface area contributed by atoms with Gasteiger partial charge in [-0.1, -0.05) is 0 Å². The van der Waals surface area contributed by atoms with E-state index >= 15 is 0 Å². The van der Waals surface area contributed by atoms with Gasteiger partial charge in [0.15, 0.2) is 17.4 Å². The molecule has 0 rings (SSSR count). The summed E-state index contributed by atoms with van der Waals surface area (Å²) in [5.74, 6) is 0. The van der Waals surface area contributed by atoms with Crippen molar-refractivity contribution < 1.29 is 36.5 Å². The molecule has 0 aliphatic heterocycles. The van der Waals surface area contributed by atoms with E-state index in [1.165, 1.54) is 0 Å². The summed E-state index contributed by atoms with van der Waals surface area (Å²) >= 11 is 0. The van der Waals surface area contributed by atoms with Gasteiger partial charge in [-0.2, -0.15) is 13.5 Å². The van der Waals surface area contributed by atoms with Gasteiger partial charge in [0.25, 0.3) is 0 Å². The van der Waals surface area contributed by atoms with Gasteiger partial charge in [-0.05, 0) is 0 Å². The summed E-state index contributed by atoms with van der Waals surface area (Å²) in [6, 6.07) is 0. The van der Waals surface area contributed by atoms with Crippen molar-refractivity contribution in [2.24, 2.45) is 0 Å². The Morgan fingerprint density at radius 3 is 1.00 bits per heavy atom. The standard InChI is InChI=1S/Al.Cu.Ga.H2S.Zn.6H/h;;;1H2;;;;;;;. The van der Waals surface area contributed by atoms with E-state index < -0.39 is 0 Å². The second-order valence-corrected chi connectivity index (χ2v) is 0. The molecule has 0 bridgehead atoms. The van der Waals surface area contributed by atoms with Gasteiger partial charge < -0.3 is 0 Å². The molecular weight excluding hydrogens is 258 g/mol. The van der Waals surface area contributed by atoms with Gasteiger partial charge in [-0.25, -0.2) is 0 Å². The summed E-state index contributed by atoms with van der Waals surface area (Å²) in [7, 11) is 0. The molecule has 0 aliphatic carbocycles. The fraction of sp³-hybridized carbons (Fsp3) is 0. The molecule has 0 unspecified atom stereocenters. The molecule has 0 N–H and O–H groups in total. The summed E-state index contributed by atoms with van der Waals surface area (Å²) in [5.41, 5.74) is 0. The Hall–Kier alpha value is 2.66. The molecule has 5 heavy (non-hydrogen) atoms. The zero-order valence-electron chi connectivity index (χ0n) is 1.51. The Kier molecular flexibility index (Phi) is 289. The molecule has 0 aromatic rings. The van der Waals surface area contributed by atoms with Crippen molar-refractivity contribution in [1.29, 1.82) is 0 Å². The van der Waals surface area contributed by atoms with Crippen LogP contribution in [0.5, 0.6) is 0 Å². The summed E-state index contributed by atoms with van der Waals surface area (Å²) in [6.45, 7) is 0. The summed E-state index contributed by atoms with van der Waals surface area (Å²) in [6.07, 6.45) is 0. The van der Waals surface area contributed by atoms with Crippen LogP contribution in [-0.2, 0) is 36.5 Å². The second kappa shape index (κ2) is 30.1. The zero-order chi connectivity index (χ0) is 0. The minimum absolute atomic E-state index is 0. The van der Waals surface area contributed by atoms with Crippen molar-refractivity contribution in [3.63, 3.8) is 0 Å². The van der Waals surface area contributed by atoms with E-state index in [1.54, 1.807) is 0 Å². The van der Waals surface area contributed by atoms with Gasteiger partial charge in [0.1, 0.15) is 0 Å². The van der Waals surface area contributed by atoms with Crippen molar-refractivity contribution in [1.82, 2.24) is 0 Å². The predicted octanol–water partition coefficient (Wildman–Crippen LogP) is -2.26. The number of rotatable bonds is 0. The molecule has 0 amide bonds. The first-order valence-electron chi connectivity index (χ1n) is 0. The molecule has 33 valence electrons. The predicted molar refractivity (Wildman–Crippen MR) is 30.3 cm³/mol. The molecule has 0 heterocycles. The number of hydrogen-bond donors (Lipinski definition) is 0. The van der Waals surface area contributed by atoms with Crippen molar-refractivity contribution in [3.05, 3.63) is 0 Å². The van der Waals surface area contributed by atoms with Gasteiger partial charge in [-0.15, -0.1) is 0 Å². The maximum absolute atomic E-state index is 0. The van der Waals surface area contributed by atoms with Crippen molar-refractivity contribution in [3.8, 4) is 0 Å². The van der Waals surface area contributed by atoms with E-state index in [0.29, 0.717) is 0 Å². The molecule has 0 atom stereocenters. The molecule has 0 aromatic heterocycles. The molecule has 1 radical (unpaired) electrons. The van der Waals surface area contributed by atoms with Crippen LogP contribution in [0.2, 0.25) is 0 Å². The second-order valence-electron chi connectivity index (χ2n) is 0. The fourth-order valence-electron chi connectivity index (χ4n) is 0. The van der Waals surface area contributed by atoms with Gasteiger partial charge >= 0.3 is 19.8 Å². The maximum Gasteiger partial charge on any atom is 0 e. The van der Waals surface area contributed by atoms with Crippen LogP contribution < -0.4 is 0 Å². The molecule has 0 aromatic carbocycles. The van der Waals surface area contributed by atoms with Gasteiger partial charge in [-0.3, -0.25) is 0 Å². The first kappa shape index (κ1) is 48.0. The average Bonchev–Trinajstić information content (AvgIpc) is 0. The Morgan fingerprint density at radius 1 is 1.00 bits per heavy atom. The first-order valence-corrected chi connectivity index (χ1v) is 0. The average molecular weight is 266 g/mol. The molecule has 0 fully saturated rings. The molecular formula is H8AlCuGaSZn. The van der Waals surface area contributed by atoms with Crippen LogP contribution in [0.15, 0.2) is 0 Å². The SMILES string of the molecule is S.[AlH3].[Cu].[GaH3].[Zn]. The minimum Gasteiger partial charge on any atom is 0 e. The van der Waals surface area contributed by atoms with Crippen LogP contribution in [0, 0.1) is 0 Å². The van der Waals surface area contributed by atoms with Crippen LogP contribution in [0.1, 0.15) is 0 Å². The van der Waals surface area contributed by atoms with Crippen LogP contribution in [0.3, 0.4) is 0 Å². The third-order valence-electron chi connectivity index (χ3n) is 0. The van der Waals surface area contributed by atoms with E-state index in [2.05, 4.69) is 0 Å². The van der Waals surface area contributed by atoms with E-state index in [0.717, 1.165) is 0 Å². The van der Waals surface area contributed by atoms with E-state index in [1.807, 2.05) is 0 Å². The summed E-state index contributed by atoms with van der Waals surface area (Å²) in [4.78, 5) is 0. The van der Waals surface area contributed by atoms with Crippen LogP contribution >= 0.6 is 13.5 Å². The monoisotopic (exact) mass is 263 g/mol. The fourth-order valence-corrected chi connectivity index (χ4v) is 0. The Balaban J connectivity index is 0. The Morgan fingerprint density at radius 2 is 1.00 bits per heavy atom. The van der Waals surface area contributed by atoms with Gasteiger partial charge in [0, 0.05) is 36.5 Å². The Bertz CT molecular complexity index is 11.6. The quantitative estimate of drug-likeness (QED) is 0.434. The van der Waals surface area contributed by atoms with Crippen molar-refractivity contribution in [2.45, 2.75) is 0 Å². The van der Waals surface area contributed by atoms with Crippen molar-refractivity contribution >= 4 is 50.6 Å².